The zero-order valence-corrected chi connectivity index (χ0v) is 12.9. The summed E-state index contributed by atoms with van der Waals surface area (Å²) in [6.45, 7) is 5.84. The molecule has 2 rings (SSSR count). The van der Waals surface area contributed by atoms with Gasteiger partial charge < -0.3 is 4.90 Å². The van der Waals surface area contributed by atoms with E-state index in [0.717, 1.165) is 31.6 Å². The van der Waals surface area contributed by atoms with Gasteiger partial charge in [-0.2, -0.15) is 5.26 Å². The van der Waals surface area contributed by atoms with Crippen molar-refractivity contribution in [3.05, 3.63) is 30.1 Å². The minimum absolute atomic E-state index is 0.208. The number of nitrogens with one attached hydrogen (secondary N) is 1. The molecule has 0 heterocycles. The van der Waals surface area contributed by atoms with E-state index in [2.05, 4.69) is 23.2 Å². The third-order valence-electron chi connectivity index (χ3n) is 4.03. The molecule has 0 bridgehead atoms. The molecule has 1 atom stereocenters. The number of halogens is 1. The van der Waals surface area contributed by atoms with E-state index in [0.29, 0.717) is 6.04 Å². The highest BCUT2D eigenvalue weighted by molar-refractivity contribution is 5.45. The third kappa shape index (κ3) is 4.71. The van der Waals surface area contributed by atoms with Crippen molar-refractivity contribution >= 4 is 5.69 Å². The van der Waals surface area contributed by atoms with Crippen molar-refractivity contribution in [2.45, 2.75) is 51.1 Å². The summed E-state index contributed by atoms with van der Waals surface area (Å²) < 4.78 is 13.0. The first-order valence-corrected chi connectivity index (χ1v) is 7.76. The van der Waals surface area contributed by atoms with Gasteiger partial charge in [-0.1, -0.05) is 0 Å². The van der Waals surface area contributed by atoms with Crippen LogP contribution in [0.25, 0.3) is 0 Å². The topological polar surface area (TPSA) is 39.1 Å². The number of hydrogen-bond donors (Lipinski definition) is 1. The van der Waals surface area contributed by atoms with Crippen LogP contribution in [0.3, 0.4) is 0 Å². The van der Waals surface area contributed by atoms with Gasteiger partial charge in [-0.25, -0.2) is 4.39 Å². The van der Waals surface area contributed by atoms with E-state index < -0.39 is 5.54 Å². The number of rotatable bonds is 8. The highest BCUT2D eigenvalue weighted by atomic mass is 19.1. The van der Waals surface area contributed by atoms with E-state index in [1.54, 1.807) is 0 Å². The van der Waals surface area contributed by atoms with Crippen LogP contribution in [0.5, 0.6) is 0 Å². The van der Waals surface area contributed by atoms with E-state index in [-0.39, 0.29) is 5.82 Å². The quantitative estimate of drug-likeness (QED) is 0.796. The lowest BCUT2D eigenvalue weighted by Crippen LogP contribution is -2.43. The van der Waals surface area contributed by atoms with Crippen LogP contribution in [0.1, 0.15) is 39.5 Å². The third-order valence-corrected chi connectivity index (χ3v) is 4.03. The van der Waals surface area contributed by atoms with Gasteiger partial charge in [0, 0.05) is 24.8 Å². The average Bonchev–Trinajstić information content (AvgIpc) is 3.29. The van der Waals surface area contributed by atoms with Gasteiger partial charge in [0.1, 0.15) is 11.4 Å². The maximum Gasteiger partial charge on any atom is 0.123 e. The molecule has 1 fully saturated rings. The minimum Gasteiger partial charge on any atom is -0.372 e. The van der Waals surface area contributed by atoms with Gasteiger partial charge in [-0.05, 0) is 63.8 Å². The number of nitrogens with zero attached hydrogens (tertiary/aromatic N) is 2. The van der Waals surface area contributed by atoms with Gasteiger partial charge >= 0.3 is 0 Å². The molecule has 1 aromatic carbocycles. The maximum atomic E-state index is 13.0. The molecule has 3 nitrogen and oxygen atoms in total. The second-order valence-corrected chi connectivity index (χ2v) is 6.02. The summed E-state index contributed by atoms with van der Waals surface area (Å²) in [5.41, 5.74) is 0.608. The van der Waals surface area contributed by atoms with Crippen molar-refractivity contribution in [1.82, 2.24) is 5.32 Å². The SMILES string of the molecule is CCN(CCCC(C)(C#N)NC1CC1)c1ccc(F)cc1. The summed E-state index contributed by atoms with van der Waals surface area (Å²) in [6, 6.07) is 9.55. The molecule has 1 aliphatic carbocycles. The Labute approximate surface area is 126 Å². The Kier molecular flexibility index (Phi) is 5.19. The first-order chi connectivity index (χ1) is 10.1. The summed E-state index contributed by atoms with van der Waals surface area (Å²) in [5, 5.41) is 12.8. The van der Waals surface area contributed by atoms with Gasteiger partial charge in [0.25, 0.3) is 0 Å². The molecule has 0 radical (unpaired) electrons. The molecule has 0 spiro atoms. The molecule has 1 aromatic rings. The number of hydrogen-bond acceptors (Lipinski definition) is 3. The highest BCUT2D eigenvalue weighted by Crippen LogP contribution is 2.25. The Morgan fingerprint density at radius 1 is 1.38 bits per heavy atom. The molecule has 0 aromatic heterocycles. The van der Waals surface area contributed by atoms with Crippen LogP contribution in [0, 0.1) is 17.1 Å². The van der Waals surface area contributed by atoms with Crippen LogP contribution in [-0.2, 0) is 0 Å². The monoisotopic (exact) mass is 289 g/mol. The largest absolute Gasteiger partial charge is 0.372 e. The predicted octanol–water partition coefficient (Wildman–Crippen LogP) is 3.47. The lowest BCUT2D eigenvalue weighted by Gasteiger charge is -2.27. The summed E-state index contributed by atoms with van der Waals surface area (Å²) in [6.07, 6.45) is 4.15. The Morgan fingerprint density at radius 2 is 2.05 bits per heavy atom. The lowest BCUT2D eigenvalue weighted by atomic mass is 9.97. The average molecular weight is 289 g/mol. The first-order valence-electron chi connectivity index (χ1n) is 7.76. The normalized spacial score (nSPS) is 17.0. The summed E-state index contributed by atoms with van der Waals surface area (Å²) in [7, 11) is 0. The van der Waals surface area contributed by atoms with E-state index in [9.17, 15) is 9.65 Å². The molecular formula is C17H24FN3. The van der Waals surface area contributed by atoms with Crippen molar-refractivity contribution in [1.29, 1.82) is 5.26 Å². The predicted molar refractivity (Wildman–Crippen MR) is 83.7 cm³/mol. The fraction of sp³-hybridized carbons (Fsp3) is 0.588. The van der Waals surface area contributed by atoms with Crippen LogP contribution in [-0.4, -0.2) is 24.7 Å². The molecular weight excluding hydrogens is 265 g/mol. The molecule has 1 N–H and O–H groups in total. The van der Waals surface area contributed by atoms with Crippen LogP contribution < -0.4 is 10.2 Å². The van der Waals surface area contributed by atoms with Gasteiger partial charge in [0.15, 0.2) is 0 Å². The molecule has 1 unspecified atom stereocenters. The van der Waals surface area contributed by atoms with E-state index in [1.165, 1.54) is 25.0 Å². The molecule has 1 aliphatic rings. The Bertz CT molecular complexity index is 490. The minimum atomic E-state index is -0.427. The zero-order chi connectivity index (χ0) is 15.3. The smallest absolute Gasteiger partial charge is 0.123 e. The molecule has 4 heteroatoms. The van der Waals surface area contributed by atoms with Gasteiger partial charge in [0.2, 0.25) is 0 Å². The van der Waals surface area contributed by atoms with Crippen molar-refractivity contribution in [3.63, 3.8) is 0 Å². The molecule has 1 saturated carbocycles. The fourth-order valence-corrected chi connectivity index (χ4v) is 2.58. The van der Waals surface area contributed by atoms with Gasteiger partial charge in [-0.15, -0.1) is 0 Å². The van der Waals surface area contributed by atoms with Crippen LogP contribution in [0.4, 0.5) is 10.1 Å². The number of benzene rings is 1. The highest BCUT2D eigenvalue weighted by Gasteiger charge is 2.32. The van der Waals surface area contributed by atoms with Crippen molar-refractivity contribution in [2.24, 2.45) is 0 Å². The van der Waals surface area contributed by atoms with Crippen LogP contribution >= 0.6 is 0 Å². The number of anilines is 1. The second kappa shape index (κ2) is 6.91. The van der Waals surface area contributed by atoms with Crippen molar-refractivity contribution in [2.75, 3.05) is 18.0 Å². The summed E-state index contributed by atoms with van der Waals surface area (Å²) in [4.78, 5) is 2.22. The van der Waals surface area contributed by atoms with E-state index in [4.69, 9.17) is 0 Å². The number of nitriles is 1. The van der Waals surface area contributed by atoms with E-state index in [1.807, 2.05) is 19.1 Å². The first kappa shape index (κ1) is 15.8. The van der Waals surface area contributed by atoms with Crippen LogP contribution in [0.2, 0.25) is 0 Å². The standard InChI is InChI=1S/C17H24FN3/c1-3-21(16-9-5-14(18)6-10-16)12-4-11-17(2,13-19)20-15-7-8-15/h5-6,9-10,15,20H,3-4,7-8,11-12H2,1-2H3. The maximum absolute atomic E-state index is 13.0. The van der Waals surface area contributed by atoms with Crippen molar-refractivity contribution < 1.29 is 4.39 Å². The van der Waals surface area contributed by atoms with Crippen molar-refractivity contribution in [3.8, 4) is 6.07 Å². The van der Waals surface area contributed by atoms with Crippen LogP contribution in [0.15, 0.2) is 24.3 Å². The van der Waals surface area contributed by atoms with E-state index >= 15 is 0 Å². The Balaban J connectivity index is 1.85. The lowest BCUT2D eigenvalue weighted by molar-refractivity contribution is 0.404. The van der Waals surface area contributed by atoms with Gasteiger partial charge in [-0.3, -0.25) is 5.32 Å². The zero-order valence-electron chi connectivity index (χ0n) is 12.9. The molecule has 21 heavy (non-hydrogen) atoms. The summed E-state index contributed by atoms with van der Waals surface area (Å²) >= 11 is 0. The summed E-state index contributed by atoms with van der Waals surface area (Å²) in [5.74, 6) is -0.208. The fourth-order valence-electron chi connectivity index (χ4n) is 2.58. The van der Waals surface area contributed by atoms with Gasteiger partial charge in [0.05, 0.1) is 6.07 Å². The Morgan fingerprint density at radius 3 is 2.57 bits per heavy atom. The second-order valence-electron chi connectivity index (χ2n) is 6.02. The molecule has 0 amide bonds. The molecule has 0 saturated heterocycles. The molecule has 114 valence electrons. The molecule has 0 aliphatic heterocycles. The Hall–Kier alpha value is -1.60.